The lowest BCUT2D eigenvalue weighted by atomic mass is 9.76. The normalized spacial score (nSPS) is 22.2. The Morgan fingerprint density at radius 1 is 1.21 bits per heavy atom. The van der Waals surface area contributed by atoms with E-state index >= 15 is 0 Å². The van der Waals surface area contributed by atoms with E-state index in [-0.39, 0.29) is 6.61 Å². The summed E-state index contributed by atoms with van der Waals surface area (Å²) in [6.07, 6.45) is 3.52. The van der Waals surface area contributed by atoms with Gasteiger partial charge in [-0.3, -0.25) is 0 Å². The van der Waals surface area contributed by atoms with Crippen LogP contribution in [0.5, 0.6) is 0 Å². The second-order valence-corrected chi connectivity index (χ2v) is 5.42. The molecule has 0 saturated heterocycles. The summed E-state index contributed by atoms with van der Waals surface area (Å²) < 4.78 is 5.23. The van der Waals surface area contributed by atoms with Crippen LogP contribution in [-0.4, -0.2) is 37.5 Å². The highest BCUT2D eigenvalue weighted by Crippen LogP contribution is 2.36. The standard InChI is InChI=1S/C16H25NO2/c1-13-3-5-14(6-4-13)15-11-16(12-15)17-7-2-9-19-10-8-18/h3-6,15-18H,2,7-12H2,1H3. The van der Waals surface area contributed by atoms with E-state index in [1.165, 1.54) is 24.0 Å². The Hall–Kier alpha value is -0.900. The van der Waals surface area contributed by atoms with Gasteiger partial charge in [0.2, 0.25) is 0 Å². The molecule has 0 atom stereocenters. The van der Waals surface area contributed by atoms with Crippen LogP contribution in [0.4, 0.5) is 0 Å². The molecule has 1 saturated carbocycles. The molecule has 1 aliphatic rings. The molecule has 3 heteroatoms. The van der Waals surface area contributed by atoms with Gasteiger partial charge in [0.15, 0.2) is 0 Å². The van der Waals surface area contributed by atoms with E-state index in [0.717, 1.165) is 25.5 Å². The molecule has 0 heterocycles. The fourth-order valence-corrected chi connectivity index (χ4v) is 2.54. The van der Waals surface area contributed by atoms with E-state index in [2.05, 4.69) is 36.5 Å². The van der Waals surface area contributed by atoms with E-state index in [1.807, 2.05) is 0 Å². The van der Waals surface area contributed by atoms with Gasteiger partial charge < -0.3 is 15.2 Å². The van der Waals surface area contributed by atoms with Gasteiger partial charge in [-0.05, 0) is 44.2 Å². The Morgan fingerprint density at radius 2 is 1.95 bits per heavy atom. The third-order valence-corrected chi connectivity index (χ3v) is 3.82. The molecule has 0 spiro atoms. The van der Waals surface area contributed by atoms with Gasteiger partial charge in [-0.25, -0.2) is 0 Å². The highest BCUT2D eigenvalue weighted by molar-refractivity contribution is 5.26. The summed E-state index contributed by atoms with van der Waals surface area (Å²) >= 11 is 0. The van der Waals surface area contributed by atoms with Crippen molar-refractivity contribution in [3.05, 3.63) is 35.4 Å². The second kappa shape index (κ2) is 7.63. The maximum Gasteiger partial charge on any atom is 0.0697 e. The average molecular weight is 263 g/mol. The van der Waals surface area contributed by atoms with Crippen LogP contribution < -0.4 is 5.32 Å². The van der Waals surface area contributed by atoms with Gasteiger partial charge in [0.05, 0.1) is 13.2 Å². The summed E-state index contributed by atoms with van der Waals surface area (Å²) in [7, 11) is 0. The smallest absolute Gasteiger partial charge is 0.0697 e. The molecular formula is C16H25NO2. The van der Waals surface area contributed by atoms with E-state index in [0.29, 0.717) is 12.6 Å². The van der Waals surface area contributed by atoms with Crippen molar-refractivity contribution in [1.29, 1.82) is 0 Å². The highest BCUT2D eigenvalue weighted by atomic mass is 16.5. The van der Waals surface area contributed by atoms with Crippen molar-refractivity contribution in [2.24, 2.45) is 0 Å². The van der Waals surface area contributed by atoms with E-state index in [1.54, 1.807) is 0 Å². The Balaban J connectivity index is 1.55. The van der Waals surface area contributed by atoms with E-state index in [4.69, 9.17) is 9.84 Å². The van der Waals surface area contributed by atoms with Crippen molar-refractivity contribution in [3.8, 4) is 0 Å². The van der Waals surface area contributed by atoms with Gasteiger partial charge in [-0.15, -0.1) is 0 Å². The summed E-state index contributed by atoms with van der Waals surface area (Å²) in [4.78, 5) is 0. The molecule has 106 valence electrons. The van der Waals surface area contributed by atoms with Crippen LogP contribution in [0, 0.1) is 6.92 Å². The Labute approximate surface area is 116 Å². The van der Waals surface area contributed by atoms with Crippen molar-refractivity contribution >= 4 is 0 Å². The van der Waals surface area contributed by atoms with Crippen molar-refractivity contribution in [2.45, 2.75) is 38.1 Å². The average Bonchev–Trinajstić information content (AvgIpc) is 2.37. The summed E-state index contributed by atoms with van der Waals surface area (Å²) in [6, 6.07) is 9.60. The van der Waals surface area contributed by atoms with Crippen LogP contribution in [0.3, 0.4) is 0 Å². The maximum absolute atomic E-state index is 8.57. The van der Waals surface area contributed by atoms with Gasteiger partial charge in [0, 0.05) is 12.6 Å². The molecule has 0 amide bonds. The van der Waals surface area contributed by atoms with Crippen LogP contribution in [0.2, 0.25) is 0 Å². The Kier molecular flexibility index (Phi) is 5.83. The minimum Gasteiger partial charge on any atom is -0.394 e. The lowest BCUT2D eigenvalue weighted by Gasteiger charge is -2.36. The van der Waals surface area contributed by atoms with Crippen LogP contribution in [0.1, 0.15) is 36.3 Å². The third kappa shape index (κ3) is 4.60. The predicted molar refractivity (Wildman–Crippen MR) is 77.5 cm³/mol. The number of hydrogen-bond donors (Lipinski definition) is 2. The Morgan fingerprint density at radius 3 is 2.63 bits per heavy atom. The molecule has 19 heavy (non-hydrogen) atoms. The molecular weight excluding hydrogens is 238 g/mol. The molecule has 1 aliphatic carbocycles. The highest BCUT2D eigenvalue weighted by Gasteiger charge is 2.29. The largest absolute Gasteiger partial charge is 0.394 e. The van der Waals surface area contributed by atoms with Crippen LogP contribution in [0.25, 0.3) is 0 Å². The predicted octanol–water partition coefficient (Wildman–Crippen LogP) is 2.23. The number of nitrogens with one attached hydrogen (secondary N) is 1. The summed E-state index contributed by atoms with van der Waals surface area (Å²) in [6.45, 7) is 4.46. The topological polar surface area (TPSA) is 41.5 Å². The number of rotatable bonds is 8. The number of aliphatic hydroxyl groups is 1. The first-order valence-corrected chi connectivity index (χ1v) is 7.28. The fraction of sp³-hybridized carbons (Fsp3) is 0.625. The molecule has 1 aromatic carbocycles. The number of aryl methyl sites for hydroxylation is 1. The quantitative estimate of drug-likeness (QED) is 0.707. The molecule has 2 rings (SSSR count). The Bertz CT molecular complexity index is 358. The van der Waals surface area contributed by atoms with Crippen LogP contribution in [-0.2, 0) is 4.74 Å². The maximum atomic E-state index is 8.57. The molecule has 0 bridgehead atoms. The van der Waals surface area contributed by atoms with E-state index < -0.39 is 0 Å². The fourth-order valence-electron chi connectivity index (χ4n) is 2.54. The molecule has 3 nitrogen and oxygen atoms in total. The lowest BCUT2D eigenvalue weighted by molar-refractivity contribution is 0.0897. The van der Waals surface area contributed by atoms with Crippen molar-refractivity contribution < 1.29 is 9.84 Å². The summed E-state index contributed by atoms with van der Waals surface area (Å²) in [5, 5.41) is 12.1. The van der Waals surface area contributed by atoms with Gasteiger partial charge in [0.25, 0.3) is 0 Å². The van der Waals surface area contributed by atoms with E-state index in [9.17, 15) is 0 Å². The molecule has 0 aliphatic heterocycles. The minimum absolute atomic E-state index is 0.119. The minimum atomic E-state index is 0.119. The molecule has 0 aromatic heterocycles. The zero-order valence-electron chi connectivity index (χ0n) is 11.8. The molecule has 2 N–H and O–H groups in total. The zero-order chi connectivity index (χ0) is 13.5. The zero-order valence-corrected chi connectivity index (χ0v) is 11.8. The van der Waals surface area contributed by atoms with Gasteiger partial charge in [-0.1, -0.05) is 29.8 Å². The molecule has 0 unspecified atom stereocenters. The van der Waals surface area contributed by atoms with Gasteiger partial charge in [-0.2, -0.15) is 0 Å². The molecule has 0 radical (unpaired) electrons. The van der Waals surface area contributed by atoms with Crippen molar-refractivity contribution in [2.75, 3.05) is 26.4 Å². The lowest BCUT2D eigenvalue weighted by Crippen LogP contribution is -2.40. The number of aliphatic hydroxyl groups excluding tert-OH is 1. The van der Waals surface area contributed by atoms with Crippen molar-refractivity contribution in [3.63, 3.8) is 0 Å². The molecule has 1 fully saturated rings. The number of hydrogen-bond acceptors (Lipinski definition) is 3. The van der Waals surface area contributed by atoms with Crippen LogP contribution in [0.15, 0.2) is 24.3 Å². The number of ether oxygens (including phenoxy) is 1. The monoisotopic (exact) mass is 263 g/mol. The number of benzene rings is 1. The summed E-state index contributed by atoms with van der Waals surface area (Å²) in [5.41, 5.74) is 2.82. The summed E-state index contributed by atoms with van der Waals surface area (Å²) in [5.74, 6) is 0.740. The van der Waals surface area contributed by atoms with Crippen molar-refractivity contribution in [1.82, 2.24) is 5.32 Å². The van der Waals surface area contributed by atoms with Gasteiger partial charge in [0.1, 0.15) is 0 Å². The van der Waals surface area contributed by atoms with Crippen LogP contribution >= 0.6 is 0 Å². The molecule has 1 aromatic rings. The SMILES string of the molecule is Cc1ccc(C2CC(NCCCOCCO)C2)cc1. The first-order chi connectivity index (χ1) is 9.29. The first kappa shape index (κ1) is 14.5. The third-order valence-electron chi connectivity index (χ3n) is 3.82. The second-order valence-electron chi connectivity index (χ2n) is 5.42. The first-order valence-electron chi connectivity index (χ1n) is 7.28. The van der Waals surface area contributed by atoms with Gasteiger partial charge >= 0.3 is 0 Å².